The van der Waals surface area contributed by atoms with Crippen LogP contribution in [0.5, 0.6) is 0 Å². The number of carbonyl (C=O) groups excluding carboxylic acids is 2. The van der Waals surface area contributed by atoms with Crippen molar-refractivity contribution in [1.82, 2.24) is 5.43 Å². The average Bonchev–Trinajstić information content (AvgIpc) is 2.62. The van der Waals surface area contributed by atoms with Crippen LogP contribution in [0.1, 0.15) is 23.7 Å². The molecule has 2 aromatic rings. The van der Waals surface area contributed by atoms with Crippen LogP contribution in [0, 0.1) is 10.1 Å². The molecule has 0 spiro atoms. The number of para-hydroxylation sites is 1. The molecule has 0 unspecified atom stereocenters. The lowest BCUT2D eigenvalue weighted by Gasteiger charge is -2.07. The van der Waals surface area contributed by atoms with Crippen molar-refractivity contribution < 1.29 is 14.5 Å². The van der Waals surface area contributed by atoms with Gasteiger partial charge in [-0.2, -0.15) is 5.10 Å². The van der Waals surface area contributed by atoms with Crippen LogP contribution in [0.3, 0.4) is 0 Å². The molecule has 10 heteroatoms. The van der Waals surface area contributed by atoms with Gasteiger partial charge in [-0.1, -0.05) is 35.3 Å². The zero-order valence-corrected chi connectivity index (χ0v) is 15.5. The Bertz CT molecular complexity index is 931. The summed E-state index contributed by atoms with van der Waals surface area (Å²) in [5.74, 6) is -1.15. The molecule has 2 rings (SSSR count). The molecule has 2 amide bonds. The second-order valence-electron chi connectivity index (χ2n) is 5.41. The van der Waals surface area contributed by atoms with E-state index in [1.807, 2.05) is 0 Å². The molecule has 0 atom stereocenters. The number of hydrogen-bond donors (Lipinski definition) is 2. The molecule has 0 aliphatic heterocycles. The fraction of sp³-hybridized carbons (Fsp3) is 0.118. The SMILES string of the molecule is C/C(CC(=O)Nc1ccc(Cl)cc1Cl)=N\NC(=O)c1ccccc1[N+](=O)[O-]. The van der Waals surface area contributed by atoms with Crippen molar-refractivity contribution in [1.29, 1.82) is 0 Å². The van der Waals surface area contributed by atoms with Gasteiger partial charge in [0.05, 0.1) is 22.1 Å². The number of nitrogens with one attached hydrogen (secondary N) is 2. The lowest BCUT2D eigenvalue weighted by Crippen LogP contribution is -2.22. The minimum atomic E-state index is -0.747. The van der Waals surface area contributed by atoms with E-state index < -0.39 is 16.7 Å². The number of carbonyl (C=O) groups is 2. The molecular formula is C17H14Cl2N4O4. The lowest BCUT2D eigenvalue weighted by atomic mass is 10.2. The number of rotatable bonds is 6. The van der Waals surface area contributed by atoms with Gasteiger partial charge >= 0.3 is 0 Å². The first kappa shape index (κ1) is 20.3. The first-order valence-electron chi connectivity index (χ1n) is 7.59. The van der Waals surface area contributed by atoms with Crippen molar-refractivity contribution in [2.75, 3.05) is 5.32 Å². The first-order valence-corrected chi connectivity index (χ1v) is 8.35. The van der Waals surface area contributed by atoms with Crippen molar-refractivity contribution in [3.63, 3.8) is 0 Å². The van der Waals surface area contributed by atoms with Gasteiger partial charge in [-0.25, -0.2) is 5.43 Å². The number of nitro benzene ring substituents is 1. The largest absolute Gasteiger partial charge is 0.324 e. The van der Waals surface area contributed by atoms with E-state index in [-0.39, 0.29) is 22.7 Å². The van der Waals surface area contributed by atoms with E-state index in [0.29, 0.717) is 16.4 Å². The van der Waals surface area contributed by atoms with Crippen molar-refractivity contribution in [2.24, 2.45) is 5.10 Å². The van der Waals surface area contributed by atoms with Crippen LogP contribution in [0.2, 0.25) is 10.0 Å². The number of anilines is 1. The lowest BCUT2D eigenvalue weighted by molar-refractivity contribution is -0.385. The topological polar surface area (TPSA) is 114 Å². The van der Waals surface area contributed by atoms with Gasteiger partial charge in [-0.15, -0.1) is 0 Å². The third-order valence-electron chi connectivity index (χ3n) is 3.32. The highest BCUT2D eigenvalue weighted by Crippen LogP contribution is 2.25. The van der Waals surface area contributed by atoms with Crippen LogP contribution < -0.4 is 10.7 Å². The van der Waals surface area contributed by atoms with E-state index in [4.69, 9.17) is 23.2 Å². The van der Waals surface area contributed by atoms with Crippen LogP contribution in [0.25, 0.3) is 0 Å². The highest BCUT2D eigenvalue weighted by atomic mass is 35.5. The van der Waals surface area contributed by atoms with Crippen molar-refractivity contribution in [2.45, 2.75) is 13.3 Å². The van der Waals surface area contributed by atoms with Gasteiger partial charge < -0.3 is 5.32 Å². The minimum Gasteiger partial charge on any atom is -0.324 e. The maximum absolute atomic E-state index is 12.1. The van der Waals surface area contributed by atoms with Crippen molar-refractivity contribution in [3.05, 3.63) is 68.2 Å². The van der Waals surface area contributed by atoms with Crippen LogP contribution in [0.15, 0.2) is 47.6 Å². The molecule has 0 aliphatic rings. The highest BCUT2D eigenvalue weighted by Gasteiger charge is 2.18. The average molecular weight is 409 g/mol. The number of halogens is 2. The zero-order valence-electron chi connectivity index (χ0n) is 14.0. The monoisotopic (exact) mass is 408 g/mol. The van der Waals surface area contributed by atoms with Gasteiger partial charge in [0, 0.05) is 16.8 Å². The number of amides is 2. The van der Waals surface area contributed by atoms with Crippen molar-refractivity contribution in [3.8, 4) is 0 Å². The van der Waals surface area contributed by atoms with E-state index in [2.05, 4.69) is 15.8 Å². The normalized spacial score (nSPS) is 11.0. The second kappa shape index (κ2) is 9.11. The van der Waals surface area contributed by atoms with Crippen LogP contribution in [-0.4, -0.2) is 22.4 Å². The Morgan fingerprint density at radius 2 is 1.89 bits per heavy atom. The smallest absolute Gasteiger partial charge is 0.282 e. The summed E-state index contributed by atoms with van der Waals surface area (Å²) in [5.41, 5.74) is 2.43. The molecule has 0 bridgehead atoms. The molecule has 0 fully saturated rings. The van der Waals surface area contributed by atoms with E-state index in [9.17, 15) is 19.7 Å². The third-order valence-corrected chi connectivity index (χ3v) is 3.86. The Kier molecular flexibility index (Phi) is 6.86. The van der Waals surface area contributed by atoms with E-state index in [1.165, 1.54) is 37.3 Å². The predicted molar refractivity (Wildman–Crippen MR) is 103 cm³/mol. The van der Waals surface area contributed by atoms with Crippen LogP contribution in [0.4, 0.5) is 11.4 Å². The molecule has 0 radical (unpaired) electrons. The molecule has 0 aliphatic carbocycles. The molecule has 0 heterocycles. The molecule has 2 N–H and O–H groups in total. The van der Waals surface area contributed by atoms with E-state index >= 15 is 0 Å². The Hall–Kier alpha value is -2.97. The fourth-order valence-electron chi connectivity index (χ4n) is 2.09. The van der Waals surface area contributed by atoms with Gasteiger partial charge in [0.15, 0.2) is 0 Å². The summed E-state index contributed by atoms with van der Waals surface area (Å²) < 4.78 is 0. The van der Waals surface area contributed by atoms with Gasteiger partial charge in [0.25, 0.3) is 11.6 Å². The highest BCUT2D eigenvalue weighted by molar-refractivity contribution is 6.36. The summed E-state index contributed by atoms with van der Waals surface area (Å²) in [6, 6.07) is 10.1. The zero-order chi connectivity index (χ0) is 20.0. The van der Waals surface area contributed by atoms with Gasteiger partial charge in [-0.05, 0) is 31.2 Å². The number of nitro groups is 1. The fourth-order valence-corrected chi connectivity index (χ4v) is 2.54. The van der Waals surface area contributed by atoms with Gasteiger partial charge in [0.2, 0.25) is 5.91 Å². The Morgan fingerprint density at radius 3 is 2.56 bits per heavy atom. The predicted octanol–water partition coefficient (Wildman–Crippen LogP) is 4.04. The summed E-state index contributed by atoms with van der Waals surface area (Å²) in [4.78, 5) is 34.4. The van der Waals surface area contributed by atoms with Gasteiger partial charge in [0.1, 0.15) is 5.56 Å². The maximum atomic E-state index is 12.1. The molecule has 140 valence electrons. The summed E-state index contributed by atoms with van der Waals surface area (Å²) in [5, 5.41) is 18.1. The van der Waals surface area contributed by atoms with Crippen LogP contribution >= 0.6 is 23.2 Å². The molecule has 0 aromatic heterocycles. The molecule has 2 aromatic carbocycles. The molecule has 27 heavy (non-hydrogen) atoms. The van der Waals surface area contributed by atoms with Crippen LogP contribution in [-0.2, 0) is 4.79 Å². The molecule has 0 saturated carbocycles. The quantitative estimate of drug-likeness (QED) is 0.426. The summed E-state index contributed by atoms with van der Waals surface area (Å²) in [6.45, 7) is 1.53. The summed E-state index contributed by atoms with van der Waals surface area (Å²) >= 11 is 11.8. The Morgan fingerprint density at radius 1 is 1.19 bits per heavy atom. The standard InChI is InChI=1S/C17H14Cl2N4O4/c1-10(8-16(24)20-14-7-6-11(18)9-13(14)19)21-22-17(25)12-4-2-3-5-15(12)23(26)27/h2-7,9H,8H2,1H3,(H,20,24)(H,22,25)/b21-10+. The number of hydrogen-bond acceptors (Lipinski definition) is 5. The number of hydrazone groups is 1. The second-order valence-corrected chi connectivity index (χ2v) is 6.26. The molecular weight excluding hydrogens is 395 g/mol. The van der Waals surface area contributed by atoms with Crippen molar-refractivity contribution >= 4 is 52.1 Å². The van der Waals surface area contributed by atoms with E-state index in [1.54, 1.807) is 12.1 Å². The Labute approximate surface area is 164 Å². The molecule has 0 saturated heterocycles. The summed E-state index contributed by atoms with van der Waals surface area (Å²) in [7, 11) is 0. The Balaban J connectivity index is 1.98. The number of nitrogens with zero attached hydrogens (tertiary/aromatic N) is 2. The third kappa shape index (κ3) is 5.77. The minimum absolute atomic E-state index is 0.115. The summed E-state index contributed by atoms with van der Waals surface area (Å²) in [6.07, 6.45) is -0.115. The first-order chi connectivity index (χ1) is 12.8. The maximum Gasteiger partial charge on any atom is 0.282 e. The number of benzene rings is 2. The van der Waals surface area contributed by atoms with E-state index in [0.717, 1.165) is 0 Å². The molecule has 8 nitrogen and oxygen atoms in total. The van der Waals surface area contributed by atoms with Gasteiger partial charge in [-0.3, -0.25) is 19.7 Å².